The van der Waals surface area contributed by atoms with Gasteiger partial charge in [-0.1, -0.05) is 29.8 Å². The standard InChI is InChI=1S/C17H23ClN4O3S2.HI/c1-19-17(22(2)12-13-6-4-5-7-14(13)25-3)20-10-11-21-27(23,24)16-9-8-15(18)26-16;/h4-9,21H,10-12H2,1-3H3,(H,19,20);1H. The number of guanidine groups is 1. The minimum Gasteiger partial charge on any atom is -0.496 e. The van der Waals surface area contributed by atoms with Crippen LogP contribution in [0.5, 0.6) is 5.75 Å². The molecule has 0 fully saturated rings. The maximum absolute atomic E-state index is 12.2. The number of aliphatic imine (C=N–C) groups is 1. The van der Waals surface area contributed by atoms with Gasteiger partial charge in [0.2, 0.25) is 10.0 Å². The minimum absolute atomic E-state index is 0. The molecule has 1 aromatic heterocycles. The summed E-state index contributed by atoms with van der Waals surface area (Å²) in [4.78, 5) is 6.17. The van der Waals surface area contributed by atoms with Crippen LogP contribution in [-0.4, -0.2) is 53.6 Å². The van der Waals surface area contributed by atoms with Crippen molar-refractivity contribution in [2.24, 2.45) is 4.99 Å². The van der Waals surface area contributed by atoms with Gasteiger partial charge in [0.1, 0.15) is 9.96 Å². The molecule has 0 atom stereocenters. The summed E-state index contributed by atoms with van der Waals surface area (Å²) in [5.41, 5.74) is 1.03. The van der Waals surface area contributed by atoms with E-state index in [0.29, 0.717) is 23.4 Å². The summed E-state index contributed by atoms with van der Waals surface area (Å²) in [6.07, 6.45) is 0. The minimum atomic E-state index is -3.55. The van der Waals surface area contributed by atoms with Crippen molar-refractivity contribution < 1.29 is 13.2 Å². The fourth-order valence-corrected chi connectivity index (χ4v) is 4.98. The van der Waals surface area contributed by atoms with Crippen LogP contribution in [0.25, 0.3) is 0 Å². The molecule has 1 aromatic carbocycles. The number of methoxy groups -OCH3 is 1. The molecule has 0 radical (unpaired) electrons. The number of nitrogens with one attached hydrogen (secondary N) is 2. The lowest BCUT2D eigenvalue weighted by molar-refractivity contribution is 0.396. The molecule has 2 rings (SSSR count). The monoisotopic (exact) mass is 558 g/mol. The number of halogens is 2. The van der Waals surface area contributed by atoms with Gasteiger partial charge in [0.15, 0.2) is 5.96 Å². The lowest BCUT2D eigenvalue weighted by Crippen LogP contribution is -2.42. The van der Waals surface area contributed by atoms with Gasteiger partial charge in [-0.2, -0.15) is 0 Å². The number of nitrogens with zero attached hydrogens (tertiary/aromatic N) is 2. The quantitative estimate of drug-likeness (QED) is 0.225. The predicted molar refractivity (Wildman–Crippen MR) is 126 cm³/mol. The molecule has 0 aliphatic carbocycles. The maximum Gasteiger partial charge on any atom is 0.250 e. The molecule has 0 spiro atoms. The smallest absolute Gasteiger partial charge is 0.250 e. The van der Waals surface area contributed by atoms with E-state index in [1.54, 1.807) is 20.2 Å². The number of rotatable bonds is 8. The first-order valence-corrected chi connectivity index (χ1v) is 10.8. The van der Waals surface area contributed by atoms with Crippen LogP contribution >= 0.6 is 46.9 Å². The Bertz CT molecular complexity index is 890. The van der Waals surface area contributed by atoms with E-state index in [2.05, 4.69) is 15.0 Å². The molecule has 7 nitrogen and oxygen atoms in total. The summed E-state index contributed by atoms with van der Waals surface area (Å²) in [5.74, 6) is 1.46. The zero-order valence-corrected chi connectivity index (χ0v) is 20.5. The second-order valence-corrected chi connectivity index (χ2v) is 9.31. The number of thiophene rings is 1. The fraction of sp³-hybridized carbons (Fsp3) is 0.353. The third-order valence-electron chi connectivity index (χ3n) is 3.69. The van der Waals surface area contributed by atoms with Crippen LogP contribution in [0.2, 0.25) is 4.34 Å². The van der Waals surface area contributed by atoms with E-state index in [-0.39, 0.29) is 34.7 Å². The second-order valence-electron chi connectivity index (χ2n) is 5.60. The van der Waals surface area contributed by atoms with Crippen LogP contribution < -0.4 is 14.8 Å². The van der Waals surface area contributed by atoms with Crippen molar-refractivity contribution in [1.82, 2.24) is 14.9 Å². The summed E-state index contributed by atoms with van der Waals surface area (Å²) in [5, 5.41) is 3.14. The first-order chi connectivity index (χ1) is 12.9. The number of benzene rings is 1. The first kappa shape index (κ1) is 25.0. The third kappa shape index (κ3) is 7.07. The first-order valence-electron chi connectivity index (χ1n) is 8.16. The number of hydrogen-bond acceptors (Lipinski definition) is 5. The van der Waals surface area contributed by atoms with Crippen molar-refractivity contribution in [2.75, 3.05) is 34.3 Å². The zero-order chi connectivity index (χ0) is 19.9. The van der Waals surface area contributed by atoms with E-state index in [1.165, 1.54) is 6.07 Å². The van der Waals surface area contributed by atoms with Gasteiger partial charge in [-0.05, 0) is 18.2 Å². The molecule has 0 aliphatic rings. The highest BCUT2D eigenvalue weighted by atomic mass is 127. The van der Waals surface area contributed by atoms with Crippen LogP contribution in [0, 0.1) is 0 Å². The fourth-order valence-electron chi connectivity index (χ4n) is 2.42. The van der Waals surface area contributed by atoms with Gasteiger partial charge in [-0.3, -0.25) is 4.99 Å². The van der Waals surface area contributed by atoms with E-state index in [9.17, 15) is 8.42 Å². The Morgan fingerprint density at radius 2 is 1.96 bits per heavy atom. The average molecular weight is 559 g/mol. The number of para-hydroxylation sites is 1. The van der Waals surface area contributed by atoms with Crippen LogP contribution in [-0.2, 0) is 16.6 Å². The average Bonchev–Trinajstić information content (AvgIpc) is 3.09. The number of ether oxygens (including phenoxy) is 1. The van der Waals surface area contributed by atoms with Crippen LogP contribution in [0.3, 0.4) is 0 Å². The molecular weight excluding hydrogens is 535 g/mol. The van der Waals surface area contributed by atoms with E-state index >= 15 is 0 Å². The topological polar surface area (TPSA) is 83.0 Å². The SMILES string of the molecule is CN=C(NCCNS(=O)(=O)c1ccc(Cl)s1)N(C)Cc1ccccc1OC.I. The Morgan fingerprint density at radius 3 is 2.57 bits per heavy atom. The van der Waals surface area contributed by atoms with Crippen molar-refractivity contribution >= 4 is 62.9 Å². The summed E-state index contributed by atoms with van der Waals surface area (Å²) >= 11 is 6.82. The Labute approximate surface area is 192 Å². The molecular formula is C17H24ClIN4O3S2. The summed E-state index contributed by atoms with van der Waals surface area (Å²) in [6.45, 7) is 1.21. The molecule has 1 heterocycles. The molecule has 156 valence electrons. The third-order valence-corrected chi connectivity index (χ3v) is 6.87. The molecule has 0 saturated heterocycles. The van der Waals surface area contributed by atoms with Crippen LogP contribution in [0.4, 0.5) is 0 Å². The summed E-state index contributed by atoms with van der Waals surface area (Å²) < 4.78 is 32.9. The number of hydrogen-bond donors (Lipinski definition) is 2. The molecule has 0 aliphatic heterocycles. The Morgan fingerprint density at radius 1 is 1.25 bits per heavy atom. The molecule has 2 N–H and O–H groups in total. The van der Waals surface area contributed by atoms with E-state index < -0.39 is 10.0 Å². The Kier molecular flexibility index (Phi) is 10.5. The summed E-state index contributed by atoms with van der Waals surface area (Å²) in [7, 11) is 1.67. The highest BCUT2D eigenvalue weighted by molar-refractivity contribution is 14.0. The molecule has 2 aromatic rings. The van der Waals surface area contributed by atoms with Crippen molar-refractivity contribution in [3.8, 4) is 5.75 Å². The van der Waals surface area contributed by atoms with Crippen molar-refractivity contribution in [2.45, 2.75) is 10.8 Å². The van der Waals surface area contributed by atoms with Gasteiger partial charge in [-0.15, -0.1) is 35.3 Å². The van der Waals surface area contributed by atoms with Crippen molar-refractivity contribution in [1.29, 1.82) is 0 Å². The second kappa shape index (κ2) is 11.8. The molecule has 11 heteroatoms. The van der Waals surface area contributed by atoms with Gasteiger partial charge in [-0.25, -0.2) is 13.1 Å². The van der Waals surface area contributed by atoms with Gasteiger partial charge in [0.25, 0.3) is 0 Å². The highest BCUT2D eigenvalue weighted by Crippen LogP contribution is 2.25. The van der Waals surface area contributed by atoms with Gasteiger partial charge in [0, 0.05) is 39.3 Å². The lowest BCUT2D eigenvalue weighted by atomic mass is 10.2. The predicted octanol–water partition coefficient (Wildman–Crippen LogP) is 3.01. The highest BCUT2D eigenvalue weighted by Gasteiger charge is 2.16. The molecule has 0 unspecified atom stereocenters. The zero-order valence-electron chi connectivity index (χ0n) is 15.8. The normalized spacial score (nSPS) is 11.6. The molecule has 0 bridgehead atoms. The van der Waals surface area contributed by atoms with Gasteiger partial charge < -0.3 is 15.0 Å². The molecule has 0 amide bonds. The maximum atomic E-state index is 12.2. The van der Waals surface area contributed by atoms with E-state index in [0.717, 1.165) is 22.6 Å². The van der Waals surface area contributed by atoms with E-state index in [4.69, 9.17) is 16.3 Å². The lowest BCUT2D eigenvalue weighted by Gasteiger charge is -2.23. The van der Waals surface area contributed by atoms with E-state index in [1.807, 2.05) is 36.2 Å². The van der Waals surface area contributed by atoms with Crippen molar-refractivity contribution in [3.05, 3.63) is 46.3 Å². The van der Waals surface area contributed by atoms with Crippen molar-refractivity contribution in [3.63, 3.8) is 0 Å². The summed E-state index contributed by atoms with van der Waals surface area (Å²) in [6, 6.07) is 10.8. The molecule has 0 saturated carbocycles. The van der Waals surface area contributed by atoms with Crippen LogP contribution in [0.15, 0.2) is 45.6 Å². The largest absolute Gasteiger partial charge is 0.496 e. The van der Waals surface area contributed by atoms with Gasteiger partial charge in [0.05, 0.1) is 11.4 Å². The Balaban J connectivity index is 0.00000392. The molecule has 28 heavy (non-hydrogen) atoms. The number of sulfonamides is 1. The van der Waals surface area contributed by atoms with Crippen LogP contribution in [0.1, 0.15) is 5.56 Å². The van der Waals surface area contributed by atoms with Gasteiger partial charge >= 0.3 is 0 Å². The Hall–Kier alpha value is -1.08.